The zero-order valence-corrected chi connectivity index (χ0v) is 25.1. The number of hydrogen-bond acceptors (Lipinski definition) is 4. The summed E-state index contributed by atoms with van der Waals surface area (Å²) in [4.78, 5) is 24.7. The minimum atomic E-state index is -5.39. The maximum atomic E-state index is 15.0. The molecule has 18 heteroatoms. The number of rotatable bonds is 13. The number of hydrogen-bond donors (Lipinski definition) is 2. The first-order valence-electron chi connectivity index (χ1n) is 14.0. The lowest BCUT2D eigenvalue weighted by atomic mass is 9.77. The van der Waals surface area contributed by atoms with Crippen molar-refractivity contribution in [2.24, 2.45) is 0 Å². The lowest BCUT2D eigenvalue weighted by Crippen LogP contribution is -2.53. The van der Waals surface area contributed by atoms with Crippen LogP contribution in [0.15, 0.2) is 60.7 Å². The number of aryl methyl sites for hydroxylation is 1. The summed E-state index contributed by atoms with van der Waals surface area (Å²) in [5.41, 5.74) is -5.52. The highest BCUT2D eigenvalue weighted by atomic mass is 19.4. The van der Waals surface area contributed by atoms with E-state index in [0.717, 1.165) is 0 Å². The van der Waals surface area contributed by atoms with Crippen LogP contribution in [-0.2, 0) is 34.1 Å². The molecule has 2 N–H and O–H groups in total. The minimum absolute atomic E-state index is 0.0524. The normalized spacial score (nSPS) is 13.5. The van der Waals surface area contributed by atoms with Gasteiger partial charge in [-0.15, -0.1) is 0 Å². The van der Waals surface area contributed by atoms with Gasteiger partial charge in [-0.05, 0) is 59.9 Å². The minimum Gasteiger partial charge on any atom is -0.466 e. The van der Waals surface area contributed by atoms with Crippen molar-refractivity contribution in [2.75, 3.05) is 13.2 Å². The number of ether oxygens (including phenoxy) is 2. The molecule has 0 aliphatic carbocycles. The Morgan fingerprint density at radius 1 is 0.816 bits per heavy atom. The van der Waals surface area contributed by atoms with E-state index < -0.39 is 89.5 Å². The molecule has 0 aliphatic heterocycles. The van der Waals surface area contributed by atoms with Crippen molar-refractivity contribution in [1.82, 2.24) is 10.6 Å². The molecule has 3 aromatic rings. The summed E-state index contributed by atoms with van der Waals surface area (Å²) in [6.45, 7) is -0.262. The van der Waals surface area contributed by atoms with Crippen LogP contribution in [0.2, 0.25) is 0 Å². The molecule has 0 unspecified atom stereocenters. The van der Waals surface area contributed by atoms with Crippen LogP contribution in [0.25, 0.3) is 0 Å². The fourth-order valence-corrected chi connectivity index (χ4v) is 4.67. The van der Waals surface area contributed by atoms with Gasteiger partial charge < -0.3 is 20.1 Å². The molecular weight excluding hydrogens is 692 g/mol. The molecule has 1 atom stereocenters. The van der Waals surface area contributed by atoms with Gasteiger partial charge in [0.25, 0.3) is 0 Å². The Bertz CT molecular complexity index is 1610. The van der Waals surface area contributed by atoms with Crippen LogP contribution in [0.4, 0.5) is 57.5 Å². The van der Waals surface area contributed by atoms with Crippen molar-refractivity contribution in [3.05, 3.63) is 100 Å². The van der Waals surface area contributed by atoms with Crippen LogP contribution in [-0.4, -0.2) is 43.9 Å². The second kappa shape index (κ2) is 15.3. The van der Waals surface area contributed by atoms with Gasteiger partial charge in [0, 0.05) is 18.9 Å². The number of urea groups is 1. The summed E-state index contributed by atoms with van der Waals surface area (Å²) in [5, 5.41) is 3.46. The molecule has 6 nitrogen and oxygen atoms in total. The van der Waals surface area contributed by atoms with Gasteiger partial charge in [0.2, 0.25) is 0 Å². The molecule has 0 fully saturated rings. The van der Waals surface area contributed by atoms with E-state index in [2.05, 4.69) is 4.74 Å². The van der Waals surface area contributed by atoms with Gasteiger partial charge >= 0.3 is 36.9 Å². The molecule has 268 valence electrons. The third kappa shape index (κ3) is 10.7. The van der Waals surface area contributed by atoms with Crippen LogP contribution in [0.5, 0.6) is 5.75 Å². The third-order valence-corrected chi connectivity index (χ3v) is 6.83. The van der Waals surface area contributed by atoms with Crippen LogP contribution < -0.4 is 15.4 Å². The molecule has 0 aromatic heterocycles. The number of alkyl halides is 10. The number of carbonyl (C=O) groups is 2. The van der Waals surface area contributed by atoms with Gasteiger partial charge in [0.05, 0.1) is 17.7 Å². The van der Waals surface area contributed by atoms with Crippen molar-refractivity contribution in [2.45, 2.75) is 56.6 Å². The lowest BCUT2D eigenvalue weighted by molar-refractivity contribution is -0.253. The first-order valence-corrected chi connectivity index (χ1v) is 14.0. The maximum Gasteiger partial charge on any atom is 0.461 e. The molecule has 0 aliphatic rings. The van der Waals surface area contributed by atoms with E-state index in [1.807, 2.05) is 5.32 Å². The summed E-state index contributed by atoms with van der Waals surface area (Å²) in [7, 11) is 0. The van der Waals surface area contributed by atoms with Crippen molar-refractivity contribution in [3.63, 3.8) is 0 Å². The van der Waals surface area contributed by atoms with Crippen molar-refractivity contribution < 1.29 is 71.7 Å². The standard InChI is InChI=1S/C31H26F12N2O4/c1-2-48-25(46)10-7-17-3-5-18(6-4-17)15-28(45-27(47)44-16-29(36,37)38,19-8-9-24(33)23(13-19)30(39,40)41)20-11-21(32)14-22(12-20)49-31(42,43)26(34)35/h3-6,8-9,11-14,26H,2,7,10,15-16H2,1H3,(H2,44,45,47)/t28-/m1/s1. The van der Waals surface area contributed by atoms with Crippen LogP contribution in [0.1, 0.15) is 41.2 Å². The quantitative estimate of drug-likeness (QED) is 0.139. The highest BCUT2D eigenvalue weighted by Gasteiger charge is 2.45. The molecule has 0 saturated heterocycles. The van der Waals surface area contributed by atoms with E-state index in [-0.39, 0.29) is 37.1 Å². The van der Waals surface area contributed by atoms with E-state index in [4.69, 9.17) is 4.74 Å². The van der Waals surface area contributed by atoms with Crippen molar-refractivity contribution >= 4 is 12.0 Å². The Kier molecular flexibility index (Phi) is 12.1. The predicted octanol–water partition coefficient (Wildman–Crippen LogP) is 8.06. The van der Waals surface area contributed by atoms with Crippen LogP contribution >= 0.6 is 0 Å². The molecule has 0 spiro atoms. The first-order chi connectivity index (χ1) is 22.6. The molecular formula is C31H26F12N2O4. The molecule has 49 heavy (non-hydrogen) atoms. The van der Waals surface area contributed by atoms with Gasteiger partial charge in [0.15, 0.2) is 0 Å². The topological polar surface area (TPSA) is 76.7 Å². The highest BCUT2D eigenvalue weighted by molar-refractivity contribution is 5.76. The SMILES string of the molecule is CCOC(=O)CCc1ccc(C[C@](NC(=O)NCC(F)(F)F)(c2cc(F)cc(OC(F)(F)C(F)F)c2)c2ccc(F)c(C(F)(F)F)c2)cc1. The van der Waals surface area contributed by atoms with Crippen molar-refractivity contribution in [3.8, 4) is 5.75 Å². The predicted molar refractivity (Wildman–Crippen MR) is 148 cm³/mol. The third-order valence-electron chi connectivity index (χ3n) is 6.83. The zero-order valence-electron chi connectivity index (χ0n) is 25.1. The summed E-state index contributed by atoms with van der Waals surface area (Å²) in [6, 6.07) is 6.03. The van der Waals surface area contributed by atoms with E-state index >= 15 is 0 Å². The van der Waals surface area contributed by atoms with E-state index in [1.165, 1.54) is 29.6 Å². The van der Waals surface area contributed by atoms with E-state index in [9.17, 15) is 62.3 Å². The molecule has 0 saturated carbocycles. The largest absolute Gasteiger partial charge is 0.466 e. The van der Waals surface area contributed by atoms with Gasteiger partial charge in [-0.25, -0.2) is 13.6 Å². The number of nitrogens with one attached hydrogen (secondary N) is 2. The Morgan fingerprint density at radius 2 is 1.45 bits per heavy atom. The summed E-state index contributed by atoms with van der Waals surface area (Å²) in [5.74, 6) is -5.17. The van der Waals surface area contributed by atoms with E-state index in [0.29, 0.717) is 29.8 Å². The average Bonchev–Trinajstić information content (AvgIpc) is 2.98. The zero-order chi connectivity index (χ0) is 36.8. The highest BCUT2D eigenvalue weighted by Crippen LogP contribution is 2.41. The molecule has 2 amide bonds. The van der Waals surface area contributed by atoms with Gasteiger partial charge in [-0.3, -0.25) is 4.79 Å². The summed E-state index contributed by atoms with van der Waals surface area (Å²) in [6.07, 6.45) is -20.7. The fraction of sp³-hybridized carbons (Fsp3) is 0.355. The Morgan fingerprint density at radius 3 is 2.02 bits per heavy atom. The first kappa shape index (κ1) is 38.8. The summed E-state index contributed by atoms with van der Waals surface area (Å²) < 4.78 is 172. The Labute approximate surface area is 270 Å². The number of carbonyl (C=O) groups excluding carboxylic acids is 2. The van der Waals surface area contributed by atoms with Crippen molar-refractivity contribution in [1.29, 1.82) is 0 Å². The maximum absolute atomic E-state index is 15.0. The molecule has 3 aromatic carbocycles. The van der Waals surface area contributed by atoms with Gasteiger partial charge in [-0.2, -0.15) is 43.9 Å². The Hall–Kier alpha value is -4.64. The summed E-state index contributed by atoms with van der Waals surface area (Å²) >= 11 is 0. The van der Waals surface area contributed by atoms with Gasteiger partial charge in [-0.1, -0.05) is 30.3 Å². The number of amides is 2. The Balaban J connectivity index is 2.28. The molecule has 0 radical (unpaired) electrons. The molecule has 3 rings (SSSR count). The van der Waals surface area contributed by atoms with Gasteiger partial charge in [0.1, 0.15) is 23.9 Å². The van der Waals surface area contributed by atoms with Crippen LogP contribution in [0, 0.1) is 11.6 Å². The number of benzene rings is 3. The second-order valence-electron chi connectivity index (χ2n) is 10.5. The monoisotopic (exact) mass is 718 g/mol. The smallest absolute Gasteiger partial charge is 0.461 e. The second-order valence-corrected chi connectivity index (χ2v) is 10.5. The average molecular weight is 719 g/mol. The molecule has 0 bridgehead atoms. The lowest BCUT2D eigenvalue weighted by Gasteiger charge is -2.37. The number of esters is 1. The van der Waals surface area contributed by atoms with Crippen LogP contribution in [0.3, 0.4) is 0 Å². The number of halogens is 12. The van der Waals surface area contributed by atoms with E-state index in [1.54, 1.807) is 6.92 Å². The fourth-order valence-electron chi connectivity index (χ4n) is 4.67. The molecule has 0 heterocycles.